The second-order valence-electron chi connectivity index (χ2n) is 4.40. The van der Waals surface area contributed by atoms with Crippen molar-refractivity contribution < 1.29 is 13.2 Å². The molecule has 0 amide bonds. The van der Waals surface area contributed by atoms with E-state index in [0.717, 1.165) is 13.0 Å². The summed E-state index contributed by atoms with van der Waals surface area (Å²) in [6.07, 6.45) is 2.60. The van der Waals surface area contributed by atoms with Gasteiger partial charge < -0.3 is 4.74 Å². The molecule has 0 aromatic heterocycles. The van der Waals surface area contributed by atoms with Crippen molar-refractivity contribution in [1.29, 1.82) is 0 Å². The van der Waals surface area contributed by atoms with Gasteiger partial charge in [-0.05, 0) is 25.2 Å². The normalized spacial score (nSPS) is 22.8. The highest BCUT2D eigenvalue weighted by Crippen LogP contribution is 2.16. The molecule has 1 heterocycles. The van der Waals surface area contributed by atoms with Crippen LogP contribution in [0.3, 0.4) is 0 Å². The fourth-order valence-electron chi connectivity index (χ4n) is 1.51. The van der Waals surface area contributed by atoms with Crippen LogP contribution in [0.25, 0.3) is 0 Å². The minimum absolute atomic E-state index is 0.178. The summed E-state index contributed by atoms with van der Waals surface area (Å²) in [5, 5.41) is 0. The van der Waals surface area contributed by atoms with E-state index in [-0.39, 0.29) is 6.10 Å². The number of ether oxygens (including phenoxy) is 1. The van der Waals surface area contributed by atoms with Gasteiger partial charge in [-0.15, -0.1) is 0 Å². The largest absolute Gasteiger partial charge is 0.378 e. The Morgan fingerprint density at radius 3 is 2.36 bits per heavy atom. The number of rotatable bonds is 4. The highest BCUT2D eigenvalue weighted by molar-refractivity contribution is 7.91. The van der Waals surface area contributed by atoms with Crippen LogP contribution >= 0.6 is 0 Å². The van der Waals surface area contributed by atoms with Gasteiger partial charge in [0.15, 0.2) is 9.84 Å². The maximum absolute atomic E-state index is 11.1. The predicted molar refractivity (Wildman–Crippen MR) is 57.1 cm³/mol. The van der Waals surface area contributed by atoms with E-state index in [4.69, 9.17) is 4.74 Å². The number of sulfone groups is 1. The van der Waals surface area contributed by atoms with Crippen LogP contribution in [0, 0.1) is 5.92 Å². The van der Waals surface area contributed by atoms with Gasteiger partial charge in [-0.1, -0.05) is 13.8 Å². The third kappa shape index (κ3) is 4.42. The lowest BCUT2D eigenvalue weighted by Gasteiger charge is -2.22. The molecule has 84 valence electrons. The van der Waals surface area contributed by atoms with E-state index in [1.807, 2.05) is 0 Å². The van der Waals surface area contributed by atoms with Gasteiger partial charge in [-0.3, -0.25) is 0 Å². The molecule has 0 unspecified atom stereocenters. The fourth-order valence-corrected chi connectivity index (χ4v) is 2.95. The molecule has 1 saturated heterocycles. The van der Waals surface area contributed by atoms with Gasteiger partial charge in [-0.2, -0.15) is 0 Å². The Morgan fingerprint density at radius 2 is 1.86 bits per heavy atom. The Labute approximate surface area is 86.8 Å². The van der Waals surface area contributed by atoms with Crippen LogP contribution in [0.15, 0.2) is 0 Å². The molecule has 0 aliphatic carbocycles. The summed E-state index contributed by atoms with van der Waals surface area (Å²) < 4.78 is 27.9. The maximum atomic E-state index is 11.1. The van der Waals surface area contributed by atoms with Crippen molar-refractivity contribution in [2.45, 2.75) is 39.2 Å². The van der Waals surface area contributed by atoms with Crippen LogP contribution in [0.1, 0.15) is 33.1 Å². The molecule has 0 aromatic carbocycles. The van der Waals surface area contributed by atoms with Crippen molar-refractivity contribution in [1.82, 2.24) is 0 Å². The van der Waals surface area contributed by atoms with E-state index in [9.17, 15) is 8.42 Å². The molecule has 1 rings (SSSR count). The van der Waals surface area contributed by atoms with Crippen molar-refractivity contribution in [3.8, 4) is 0 Å². The van der Waals surface area contributed by atoms with Crippen molar-refractivity contribution >= 4 is 9.84 Å². The first-order valence-corrected chi connectivity index (χ1v) is 7.14. The quantitative estimate of drug-likeness (QED) is 0.723. The van der Waals surface area contributed by atoms with Crippen molar-refractivity contribution in [2.75, 3.05) is 18.1 Å². The monoisotopic (exact) mass is 220 g/mol. The average molecular weight is 220 g/mol. The maximum Gasteiger partial charge on any atom is 0.150 e. The molecule has 0 bridgehead atoms. The minimum atomic E-state index is -2.74. The molecule has 0 radical (unpaired) electrons. The average Bonchev–Trinajstić information content (AvgIpc) is 2.07. The lowest BCUT2D eigenvalue weighted by atomic mass is 10.1. The highest BCUT2D eigenvalue weighted by Gasteiger charge is 2.23. The van der Waals surface area contributed by atoms with E-state index >= 15 is 0 Å². The van der Waals surface area contributed by atoms with Gasteiger partial charge >= 0.3 is 0 Å². The van der Waals surface area contributed by atoms with Gasteiger partial charge in [0.25, 0.3) is 0 Å². The van der Waals surface area contributed by atoms with Crippen molar-refractivity contribution in [3.63, 3.8) is 0 Å². The van der Waals surface area contributed by atoms with Gasteiger partial charge in [0.05, 0.1) is 17.6 Å². The number of hydrogen-bond acceptors (Lipinski definition) is 3. The van der Waals surface area contributed by atoms with Crippen LogP contribution in [0.2, 0.25) is 0 Å². The molecule has 14 heavy (non-hydrogen) atoms. The Bertz CT molecular complexity index is 243. The van der Waals surface area contributed by atoms with Crippen LogP contribution in [-0.2, 0) is 14.6 Å². The van der Waals surface area contributed by atoms with Crippen LogP contribution < -0.4 is 0 Å². The van der Waals surface area contributed by atoms with E-state index in [1.54, 1.807) is 0 Å². The first-order chi connectivity index (χ1) is 6.49. The van der Waals surface area contributed by atoms with Gasteiger partial charge in [0.1, 0.15) is 0 Å². The molecule has 0 saturated carbocycles. The molecule has 1 fully saturated rings. The summed E-state index contributed by atoms with van der Waals surface area (Å²) in [4.78, 5) is 0. The first-order valence-electron chi connectivity index (χ1n) is 5.31. The molecule has 1 aliphatic rings. The van der Waals surface area contributed by atoms with Crippen molar-refractivity contribution in [3.05, 3.63) is 0 Å². The Balaban J connectivity index is 2.16. The van der Waals surface area contributed by atoms with E-state index in [2.05, 4.69) is 13.8 Å². The second kappa shape index (κ2) is 5.12. The summed E-state index contributed by atoms with van der Waals surface area (Å²) >= 11 is 0. The zero-order chi connectivity index (χ0) is 10.6. The van der Waals surface area contributed by atoms with Gasteiger partial charge in [0, 0.05) is 6.61 Å². The standard InChI is InChI=1S/C10H20O3S/c1-9(2)3-6-13-10-4-7-14(11,12)8-5-10/h9-10H,3-8H2,1-2H3. The summed E-state index contributed by atoms with van der Waals surface area (Å²) in [7, 11) is -2.74. The molecular weight excluding hydrogens is 200 g/mol. The zero-order valence-corrected chi connectivity index (χ0v) is 9.85. The summed E-state index contributed by atoms with van der Waals surface area (Å²) in [6.45, 7) is 5.09. The number of hydrogen-bond donors (Lipinski definition) is 0. The summed E-state index contributed by atoms with van der Waals surface area (Å²) in [6, 6.07) is 0. The van der Waals surface area contributed by atoms with Crippen LogP contribution in [0.4, 0.5) is 0 Å². The molecule has 0 spiro atoms. The smallest absolute Gasteiger partial charge is 0.150 e. The Kier molecular flexibility index (Phi) is 4.38. The Morgan fingerprint density at radius 1 is 1.29 bits per heavy atom. The van der Waals surface area contributed by atoms with Gasteiger partial charge in [-0.25, -0.2) is 8.42 Å². The highest BCUT2D eigenvalue weighted by atomic mass is 32.2. The molecule has 1 aliphatic heterocycles. The topological polar surface area (TPSA) is 43.4 Å². The lowest BCUT2D eigenvalue weighted by Crippen LogP contribution is -2.29. The third-order valence-electron chi connectivity index (χ3n) is 2.55. The van der Waals surface area contributed by atoms with Crippen LogP contribution in [0.5, 0.6) is 0 Å². The third-order valence-corrected chi connectivity index (χ3v) is 4.27. The molecule has 0 atom stereocenters. The summed E-state index contributed by atoms with van der Waals surface area (Å²) in [5.41, 5.74) is 0. The molecular formula is C10H20O3S. The molecule has 0 aromatic rings. The SMILES string of the molecule is CC(C)CCOC1CCS(=O)(=O)CC1. The molecule has 3 nitrogen and oxygen atoms in total. The van der Waals surface area contributed by atoms with Gasteiger partial charge in [0.2, 0.25) is 0 Å². The minimum Gasteiger partial charge on any atom is -0.378 e. The first kappa shape index (κ1) is 12.0. The zero-order valence-electron chi connectivity index (χ0n) is 9.03. The predicted octanol–water partition coefficient (Wildman–Crippen LogP) is 1.63. The molecule has 0 N–H and O–H groups in total. The summed E-state index contributed by atoms with van der Waals surface area (Å²) in [5.74, 6) is 1.26. The molecule has 4 heteroatoms. The van der Waals surface area contributed by atoms with E-state index < -0.39 is 9.84 Å². The lowest BCUT2D eigenvalue weighted by molar-refractivity contribution is 0.0405. The Hall–Kier alpha value is -0.0900. The van der Waals surface area contributed by atoms with Crippen molar-refractivity contribution in [2.24, 2.45) is 5.92 Å². The van der Waals surface area contributed by atoms with Crippen LogP contribution in [-0.4, -0.2) is 32.6 Å². The second-order valence-corrected chi connectivity index (χ2v) is 6.71. The fraction of sp³-hybridized carbons (Fsp3) is 1.00. The van der Waals surface area contributed by atoms with E-state index in [0.29, 0.717) is 30.3 Å². The van der Waals surface area contributed by atoms with E-state index in [1.165, 1.54) is 0 Å².